The normalized spacial score (nSPS) is 21.5. The number of β-amino-alcohol motifs (C(OH)–C–C–N with tert-alkyl or cyclic N) is 1. The highest BCUT2D eigenvalue weighted by molar-refractivity contribution is 5.35. The molecule has 0 spiro atoms. The molecule has 1 fully saturated rings. The Balaban J connectivity index is 1.85. The molecule has 3 nitrogen and oxygen atoms in total. The Hall–Kier alpha value is -1.06. The van der Waals surface area contributed by atoms with Gasteiger partial charge in [0.15, 0.2) is 0 Å². The van der Waals surface area contributed by atoms with Crippen molar-refractivity contribution in [1.29, 1.82) is 0 Å². The molecule has 2 atom stereocenters. The molecule has 1 saturated heterocycles. The highest BCUT2D eigenvalue weighted by Gasteiger charge is 2.21. The van der Waals surface area contributed by atoms with Crippen molar-refractivity contribution in [3.05, 3.63) is 29.8 Å². The van der Waals surface area contributed by atoms with E-state index in [1.54, 1.807) is 0 Å². The van der Waals surface area contributed by atoms with E-state index in [1.165, 1.54) is 24.8 Å². The molecule has 0 aromatic heterocycles. The molecule has 3 heteroatoms. The number of aliphatic hydroxyl groups excluding tert-OH is 1. The summed E-state index contributed by atoms with van der Waals surface area (Å²) in [5, 5.41) is 10.2. The highest BCUT2D eigenvalue weighted by Crippen LogP contribution is 2.26. The average molecular weight is 291 g/mol. The number of aliphatic hydroxyl groups is 1. The number of ether oxygens (including phenoxy) is 1. The molecule has 0 bridgehead atoms. The second-order valence-corrected chi connectivity index (χ2v) is 6.50. The van der Waals surface area contributed by atoms with Gasteiger partial charge in [-0.3, -0.25) is 4.90 Å². The third-order valence-corrected chi connectivity index (χ3v) is 4.36. The van der Waals surface area contributed by atoms with Gasteiger partial charge in [0, 0.05) is 12.6 Å². The van der Waals surface area contributed by atoms with Gasteiger partial charge in [-0.2, -0.15) is 0 Å². The number of piperidine rings is 1. The van der Waals surface area contributed by atoms with Gasteiger partial charge in [-0.1, -0.05) is 38.5 Å². The smallest absolute Gasteiger partial charge is 0.122 e. The molecule has 0 unspecified atom stereocenters. The van der Waals surface area contributed by atoms with Crippen LogP contribution in [0.2, 0.25) is 0 Å². The Kier molecular flexibility index (Phi) is 6.07. The number of rotatable bonds is 6. The van der Waals surface area contributed by atoms with Crippen molar-refractivity contribution in [3.63, 3.8) is 0 Å². The molecule has 0 saturated carbocycles. The number of nitrogens with zero attached hydrogens (tertiary/aromatic N) is 1. The van der Waals surface area contributed by atoms with E-state index in [-0.39, 0.29) is 0 Å². The van der Waals surface area contributed by atoms with Crippen LogP contribution in [0.4, 0.5) is 0 Å². The zero-order valence-corrected chi connectivity index (χ0v) is 13.6. The second-order valence-electron chi connectivity index (χ2n) is 6.50. The zero-order chi connectivity index (χ0) is 15.2. The van der Waals surface area contributed by atoms with Gasteiger partial charge >= 0.3 is 0 Å². The maximum atomic E-state index is 10.2. The van der Waals surface area contributed by atoms with E-state index in [1.807, 2.05) is 18.2 Å². The van der Waals surface area contributed by atoms with E-state index in [2.05, 4.69) is 31.7 Å². The van der Waals surface area contributed by atoms with Crippen molar-refractivity contribution in [2.24, 2.45) is 0 Å². The third kappa shape index (κ3) is 4.72. The van der Waals surface area contributed by atoms with Crippen LogP contribution in [0.1, 0.15) is 51.5 Å². The van der Waals surface area contributed by atoms with Gasteiger partial charge in [-0.15, -0.1) is 0 Å². The Morgan fingerprint density at radius 2 is 2.05 bits per heavy atom. The largest absolute Gasteiger partial charge is 0.491 e. The predicted molar refractivity (Wildman–Crippen MR) is 86.9 cm³/mol. The molecule has 1 aromatic carbocycles. The second kappa shape index (κ2) is 7.81. The van der Waals surface area contributed by atoms with Crippen LogP contribution in [0, 0.1) is 0 Å². The summed E-state index contributed by atoms with van der Waals surface area (Å²) in [4.78, 5) is 2.38. The average Bonchev–Trinajstić information content (AvgIpc) is 2.48. The monoisotopic (exact) mass is 291 g/mol. The van der Waals surface area contributed by atoms with Crippen LogP contribution in [0.5, 0.6) is 5.75 Å². The summed E-state index contributed by atoms with van der Waals surface area (Å²) in [5.74, 6) is 1.33. The van der Waals surface area contributed by atoms with Crippen LogP contribution in [-0.4, -0.2) is 41.8 Å². The minimum Gasteiger partial charge on any atom is -0.491 e. The molecule has 0 amide bonds. The van der Waals surface area contributed by atoms with E-state index in [0.29, 0.717) is 25.1 Å². The topological polar surface area (TPSA) is 32.7 Å². The van der Waals surface area contributed by atoms with Gasteiger partial charge in [0.05, 0.1) is 0 Å². The van der Waals surface area contributed by atoms with Crippen molar-refractivity contribution in [3.8, 4) is 5.75 Å². The Bertz CT molecular complexity index is 433. The number of hydrogen-bond acceptors (Lipinski definition) is 3. The van der Waals surface area contributed by atoms with Crippen LogP contribution in [0.3, 0.4) is 0 Å². The van der Waals surface area contributed by atoms with Crippen molar-refractivity contribution >= 4 is 0 Å². The maximum Gasteiger partial charge on any atom is 0.122 e. The van der Waals surface area contributed by atoms with Crippen molar-refractivity contribution in [2.75, 3.05) is 19.7 Å². The minimum absolute atomic E-state index is 0.368. The van der Waals surface area contributed by atoms with Crippen LogP contribution < -0.4 is 4.74 Å². The SMILES string of the molecule is CC(C)c1ccccc1OC[C@@H](O)CN1CCCC[C@H]1C. The maximum absolute atomic E-state index is 10.2. The number of para-hydroxylation sites is 1. The fourth-order valence-corrected chi connectivity index (χ4v) is 3.03. The fourth-order valence-electron chi connectivity index (χ4n) is 3.03. The summed E-state index contributed by atoms with van der Waals surface area (Å²) >= 11 is 0. The van der Waals surface area contributed by atoms with Crippen molar-refractivity contribution in [1.82, 2.24) is 4.90 Å². The van der Waals surface area contributed by atoms with E-state index < -0.39 is 6.10 Å². The molecule has 0 radical (unpaired) electrons. The molecule has 1 heterocycles. The lowest BCUT2D eigenvalue weighted by Crippen LogP contribution is -2.43. The van der Waals surface area contributed by atoms with Gasteiger partial charge in [-0.05, 0) is 43.9 Å². The minimum atomic E-state index is -0.425. The quantitative estimate of drug-likeness (QED) is 0.871. The lowest BCUT2D eigenvalue weighted by molar-refractivity contribution is 0.0435. The van der Waals surface area contributed by atoms with Crippen LogP contribution in [0.15, 0.2) is 24.3 Å². The first-order valence-corrected chi connectivity index (χ1v) is 8.21. The fraction of sp³-hybridized carbons (Fsp3) is 0.667. The zero-order valence-electron chi connectivity index (χ0n) is 13.6. The molecule has 2 rings (SSSR count). The first kappa shape index (κ1) is 16.3. The Labute approximate surface area is 128 Å². The van der Waals surface area contributed by atoms with Crippen molar-refractivity contribution < 1.29 is 9.84 Å². The Morgan fingerprint density at radius 3 is 2.76 bits per heavy atom. The summed E-state index contributed by atoms with van der Waals surface area (Å²) in [7, 11) is 0. The molecule has 1 aliphatic heterocycles. The molecule has 1 N–H and O–H groups in total. The van der Waals surface area contributed by atoms with Gasteiger partial charge in [0.25, 0.3) is 0 Å². The number of hydrogen-bond donors (Lipinski definition) is 1. The van der Waals surface area contributed by atoms with Crippen molar-refractivity contribution in [2.45, 2.75) is 58.1 Å². The van der Waals surface area contributed by atoms with E-state index in [4.69, 9.17) is 4.74 Å². The van der Waals surface area contributed by atoms with E-state index >= 15 is 0 Å². The lowest BCUT2D eigenvalue weighted by Gasteiger charge is -2.34. The van der Waals surface area contributed by atoms with Gasteiger partial charge in [-0.25, -0.2) is 0 Å². The summed E-state index contributed by atoms with van der Waals surface area (Å²) in [6.45, 7) is 8.75. The molecular weight excluding hydrogens is 262 g/mol. The predicted octanol–water partition coefficient (Wildman–Crippen LogP) is 3.42. The highest BCUT2D eigenvalue weighted by atomic mass is 16.5. The van der Waals surface area contributed by atoms with E-state index in [9.17, 15) is 5.11 Å². The number of likely N-dealkylation sites (tertiary alicyclic amines) is 1. The van der Waals surface area contributed by atoms with Crippen LogP contribution >= 0.6 is 0 Å². The molecule has 21 heavy (non-hydrogen) atoms. The first-order valence-electron chi connectivity index (χ1n) is 8.21. The molecule has 1 aliphatic rings. The number of benzene rings is 1. The molecular formula is C18H29NO2. The summed E-state index contributed by atoms with van der Waals surface area (Å²) in [5.41, 5.74) is 1.20. The molecule has 0 aliphatic carbocycles. The molecule has 118 valence electrons. The first-order chi connectivity index (χ1) is 10.1. The van der Waals surface area contributed by atoms with Crippen LogP contribution in [-0.2, 0) is 0 Å². The van der Waals surface area contributed by atoms with Crippen LogP contribution in [0.25, 0.3) is 0 Å². The van der Waals surface area contributed by atoms with E-state index in [0.717, 1.165) is 12.3 Å². The summed E-state index contributed by atoms with van der Waals surface area (Å²) in [6, 6.07) is 8.69. The Morgan fingerprint density at radius 1 is 1.29 bits per heavy atom. The lowest BCUT2D eigenvalue weighted by atomic mass is 10.0. The molecule has 1 aromatic rings. The standard InChI is InChI=1S/C18H29NO2/c1-14(2)17-9-4-5-10-18(17)21-13-16(20)12-19-11-7-6-8-15(19)3/h4-5,9-10,14-16,20H,6-8,11-13H2,1-3H3/t15-,16+/m1/s1. The van der Waals surface area contributed by atoms with Gasteiger partial charge < -0.3 is 9.84 Å². The summed E-state index contributed by atoms with van der Waals surface area (Å²) in [6.07, 6.45) is 3.37. The summed E-state index contributed by atoms with van der Waals surface area (Å²) < 4.78 is 5.86. The van der Waals surface area contributed by atoms with Gasteiger partial charge in [0.1, 0.15) is 18.5 Å². The third-order valence-electron chi connectivity index (χ3n) is 4.36. The van der Waals surface area contributed by atoms with Gasteiger partial charge in [0.2, 0.25) is 0 Å².